The minimum atomic E-state index is 0.136. The van der Waals surface area contributed by atoms with Crippen molar-refractivity contribution in [2.45, 2.75) is 33.6 Å². The molecular weight excluding hydrogens is 164 g/mol. The van der Waals surface area contributed by atoms with Gasteiger partial charge in [-0.25, -0.2) is 0 Å². The topological polar surface area (TPSA) is 26.3 Å². The highest BCUT2D eigenvalue weighted by atomic mass is 16.5. The van der Waals surface area contributed by atoms with Gasteiger partial charge in [-0.3, -0.25) is 4.79 Å². The van der Waals surface area contributed by atoms with Crippen LogP contribution < -0.4 is 0 Å². The van der Waals surface area contributed by atoms with Gasteiger partial charge in [-0.15, -0.1) is 0 Å². The summed E-state index contributed by atoms with van der Waals surface area (Å²) in [6.07, 6.45) is 3.56. The molecule has 13 heavy (non-hydrogen) atoms. The van der Waals surface area contributed by atoms with Crippen LogP contribution in [0.3, 0.4) is 0 Å². The zero-order valence-electron chi connectivity index (χ0n) is 8.67. The highest BCUT2D eigenvalue weighted by Gasteiger charge is 2.19. The average Bonchev–Trinajstić information content (AvgIpc) is 2.13. The van der Waals surface area contributed by atoms with Crippen molar-refractivity contribution in [2.24, 2.45) is 11.8 Å². The van der Waals surface area contributed by atoms with Crippen LogP contribution >= 0.6 is 0 Å². The molecule has 2 atom stereocenters. The molecule has 1 rings (SSSR count). The van der Waals surface area contributed by atoms with E-state index in [0.717, 1.165) is 12.2 Å². The minimum Gasteiger partial charge on any atom is -0.499 e. The Bertz CT molecular complexity index is 218. The second-order valence-electron chi connectivity index (χ2n) is 3.84. The number of hydrogen-bond donors (Lipinski definition) is 0. The lowest BCUT2D eigenvalue weighted by Gasteiger charge is -2.14. The third-order valence-electron chi connectivity index (χ3n) is 2.69. The Morgan fingerprint density at radius 3 is 2.85 bits per heavy atom. The first kappa shape index (κ1) is 10.3. The van der Waals surface area contributed by atoms with Gasteiger partial charge in [0, 0.05) is 12.3 Å². The number of allylic oxidation sites excluding steroid dienone is 2. The van der Waals surface area contributed by atoms with Crippen LogP contribution in [-0.4, -0.2) is 12.4 Å². The van der Waals surface area contributed by atoms with E-state index in [0.29, 0.717) is 24.7 Å². The molecule has 0 N–H and O–H groups in total. The molecule has 1 aliphatic heterocycles. The van der Waals surface area contributed by atoms with Crippen molar-refractivity contribution in [2.75, 3.05) is 6.61 Å². The maximum absolute atomic E-state index is 11.6. The van der Waals surface area contributed by atoms with E-state index in [1.165, 1.54) is 0 Å². The Morgan fingerprint density at radius 2 is 2.15 bits per heavy atom. The Morgan fingerprint density at radius 1 is 1.46 bits per heavy atom. The van der Waals surface area contributed by atoms with Crippen molar-refractivity contribution in [3.05, 3.63) is 11.8 Å². The predicted molar refractivity (Wildman–Crippen MR) is 52.3 cm³/mol. The molecule has 74 valence electrons. The summed E-state index contributed by atoms with van der Waals surface area (Å²) < 4.78 is 5.44. The summed E-state index contributed by atoms with van der Waals surface area (Å²) in [4.78, 5) is 11.6. The monoisotopic (exact) mass is 182 g/mol. The second-order valence-corrected chi connectivity index (χ2v) is 3.84. The number of carbonyl (C=O) groups is 1. The average molecular weight is 182 g/mol. The van der Waals surface area contributed by atoms with Gasteiger partial charge in [-0.2, -0.15) is 0 Å². The van der Waals surface area contributed by atoms with Crippen LogP contribution in [0.4, 0.5) is 0 Å². The largest absolute Gasteiger partial charge is 0.499 e. The molecule has 0 radical (unpaired) electrons. The van der Waals surface area contributed by atoms with Crippen LogP contribution in [0, 0.1) is 11.8 Å². The Balaban J connectivity index is 2.73. The van der Waals surface area contributed by atoms with Crippen LogP contribution in [0.15, 0.2) is 11.8 Å². The molecule has 0 aromatic carbocycles. The van der Waals surface area contributed by atoms with E-state index in [1.807, 2.05) is 19.9 Å². The molecular formula is C11H18O2. The summed E-state index contributed by atoms with van der Waals surface area (Å²) in [6.45, 7) is 6.70. The van der Waals surface area contributed by atoms with E-state index < -0.39 is 0 Å². The fraction of sp³-hybridized carbons (Fsp3) is 0.727. The number of rotatable bonds is 0. The third-order valence-corrected chi connectivity index (χ3v) is 2.69. The predicted octanol–water partition coefficient (Wildman–Crippen LogP) is 2.54. The van der Waals surface area contributed by atoms with E-state index in [9.17, 15) is 4.79 Å². The smallest absolute Gasteiger partial charge is 0.136 e. The summed E-state index contributed by atoms with van der Waals surface area (Å²) in [7, 11) is 0. The van der Waals surface area contributed by atoms with Gasteiger partial charge < -0.3 is 4.74 Å². The lowest BCUT2D eigenvalue weighted by Crippen LogP contribution is -2.17. The van der Waals surface area contributed by atoms with E-state index in [-0.39, 0.29) is 5.92 Å². The Hall–Kier alpha value is -0.790. The molecule has 0 fully saturated rings. The number of hydrogen-bond acceptors (Lipinski definition) is 2. The van der Waals surface area contributed by atoms with Gasteiger partial charge in [0.05, 0.1) is 12.4 Å². The SMILES string of the molecule is C/C1=C/[C@@H](C)[C@H](C)C(=O)CCCO1. The molecule has 0 spiro atoms. The molecule has 0 unspecified atom stereocenters. The van der Waals surface area contributed by atoms with E-state index in [1.54, 1.807) is 0 Å². The van der Waals surface area contributed by atoms with Crippen molar-refractivity contribution in [1.82, 2.24) is 0 Å². The first-order valence-corrected chi connectivity index (χ1v) is 4.95. The highest BCUT2D eigenvalue weighted by Crippen LogP contribution is 2.20. The lowest BCUT2D eigenvalue weighted by molar-refractivity contribution is -0.123. The first-order chi connectivity index (χ1) is 6.11. The zero-order chi connectivity index (χ0) is 9.84. The molecule has 1 heterocycles. The van der Waals surface area contributed by atoms with Crippen molar-refractivity contribution in [3.8, 4) is 0 Å². The molecule has 0 saturated carbocycles. The van der Waals surface area contributed by atoms with E-state index in [2.05, 4.69) is 6.92 Å². The highest BCUT2D eigenvalue weighted by molar-refractivity contribution is 5.81. The number of ketones is 1. The van der Waals surface area contributed by atoms with Crippen molar-refractivity contribution in [3.63, 3.8) is 0 Å². The standard InChI is InChI=1S/C11H18O2/c1-8-7-9(2)13-6-4-5-11(12)10(8)3/h7-8,10H,4-6H2,1-3H3/b9-7-/t8-,10+/m1/s1. The van der Waals surface area contributed by atoms with E-state index >= 15 is 0 Å². The molecule has 0 aliphatic carbocycles. The van der Waals surface area contributed by atoms with Crippen LogP contribution in [0.5, 0.6) is 0 Å². The molecule has 2 heteroatoms. The van der Waals surface area contributed by atoms with Gasteiger partial charge >= 0.3 is 0 Å². The van der Waals surface area contributed by atoms with Gasteiger partial charge in [-0.05, 0) is 25.3 Å². The maximum atomic E-state index is 11.6. The van der Waals surface area contributed by atoms with Gasteiger partial charge in [-0.1, -0.05) is 13.8 Å². The fourth-order valence-corrected chi connectivity index (χ4v) is 1.56. The molecule has 0 aromatic heterocycles. The van der Waals surface area contributed by atoms with Gasteiger partial charge in [0.1, 0.15) is 5.78 Å². The van der Waals surface area contributed by atoms with Crippen LogP contribution in [-0.2, 0) is 9.53 Å². The summed E-state index contributed by atoms with van der Waals surface area (Å²) in [6, 6.07) is 0. The van der Waals surface area contributed by atoms with Gasteiger partial charge in [0.2, 0.25) is 0 Å². The summed E-state index contributed by atoms with van der Waals surface area (Å²) in [5.41, 5.74) is 0. The summed E-state index contributed by atoms with van der Waals surface area (Å²) in [5, 5.41) is 0. The molecule has 1 aliphatic rings. The Kier molecular flexibility index (Phi) is 3.52. The molecule has 0 aromatic rings. The van der Waals surface area contributed by atoms with Gasteiger partial charge in [0.15, 0.2) is 0 Å². The second kappa shape index (κ2) is 4.45. The molecule has 0 bridgehead atoms. The summed E-state index contributed by atoms with van der Waals surface area (Å²) >= 11 is 0. The summed E-state index contributed by atoms with van der Waals surface area (Å²) in [5.74, 6) is 1.75. The number of Topliss-reactive ketones (excluding diaryl/α,β-unsaturated/α-hetero) is 1. The first-order valence-electron chi connectivity index (χ1n) is 4.95. The van der Waals surface area contributed by atoms with Crippen LogP contribution in [0.25, 0.3) is 0 Å². The maximum Gasteiger partial charge on any atom is 0.136 e. The molecule has 2 nitrogen and oxygen atoms in total. The minimum absolute atomic E-state index is 0.136. The fourth-order valence-electron chi connectivity index (χ4n) is 1.56. The van der Waals surface area contributed by atoms with Crippen molar-refractivity contribution >= 4 is 5.78 Å². The quantitative estimate of drug-likeness (QED) is 0.575. The van der Waals surface area contributed by atoms with Crippen molar-refractivity contribution < 1.29 is 9.53 Å². The molecule has 0 saturated heterocycles. The van der Waals surface area contributed by atoms with Crippen LogP contribution in [0.2, 0.25) is 0 Å². The molecule has 0 amide bonds. The normalized spacial score (nSPS) is 35.0. The van der Waals surface area contributed by atoms with E-state index in [4.69, 9.17) is 4.74 Å². The lowest BCUT2D eigenvalue weighted by atomic mass is 9.90. The number of carbonyl (C=O) groups excluding carboxylic acids is 1. The van der Waals surface area contributed by atoms with Crippen molar-refractivity contribution in [1.29, 1.82) is 0 Å². The third kappa shape index (κ3) is 2.87. The number of ether oxygens (including phenoxy) is 1. The zero-order valence-corrected chi connectivity index (χ0v) is 8.67. The van der Waals surface area contributed by atoms with Gasteiger partial charge in [0.25, 0.3) is 0 Å². The van der Waals surface area contributed by atoms with Crippen LogP contribution in [0.1, 0.15) is 33.6 Å². The Labute approximate surface area is 80.0 Å².